The van der Waals surface area contributed by atoms with Crippen molar-refractivity contribution in [2.24, 2.45) is 0 Å². The molecule has 0 aliphatic carbocycles. The maximum Gasteiger partial charge on any atom is 0.341 e. The van der Waals surface area contributed by atoms with Gasteiger partial charge in [-0.25, -0.2) is 4.79 Å². The van der Waals surface area contributed by atoms with E-state index in [2.05, 4.69) is 0 Å². The van der Waals surface area contributed by atoms with E-state index in [1.165, 1.54) is 24.3 Å². The predicted octanol–water partition coefficient (Wildman–Crippen LogP) is 4.66. The van der Waals surface area contributed by atoms with Gasteiger partial charge in [-0.15, -0.1) is 0 Å². The van der Waals surface area contributed by atoms with Crippen LogP contribution in [0.2, 0.25) is 10.0 Å². The van der Waals surface area contributed by atoms with Crippen LogP contribution in [-0.2, 0) is 4.79 Å². The van der Waals surface area contributed by atoms with Crippen LogP contribution in [0.25, 0.3) is 11.0 Å². The molecule has 134 valence electrons. The molecular formula is C18H12Cl2O6. The minimum atomic E-state index is -1.11. The number of halogens is 2. The Morgan fingerprint density at radius 3 is 2.65 bits per heavy atom. The van der Waals surface area contributed by atoms with Gasteiger partial charge < -0.3 is 19.0 Å². The Morgan fingerprint density at radius 2 is 1.96 bits per heavy atom. The second-order valence-corrected chi connectivity index (χ2v) is 6.18. The van der Waals surface area contributed by atoms with Crippen LogP contribution < -0.4 is 14.9 Å². The SMILES string of the molecule is Cc1oc2cc(OCC(=O)O)ccc2c(=O)c1Oc1ccc(Cl)cc1Cl. The molecule has 1 N–H and O–H groups in total. The number of hydrogen-bond acceptors (Lipinski definition) is 5. The molecule has 0 aliphatic rings. The van der Waals surface area contributed by atoms with Gasteiger partial charge in [-0.3, -0.25) is 4.79 Å². The molecule has 26 heavy (non-hydrogen) atoms. The molecule has 0 saturated heterocycles. The van der Waals surface area contributed by atoms with Gasteiger partial charge in [0.2, 0.25) is 11.2 Å². The highest BCUT2D eigenvalue weighted by Crippen LogP contribution is 2.33. The average Bonchev–Trinajstić information content (AvgIpc) is 2.58. The molecule has 0 unspecified atom stereocenters. The van der Waals surface area contributed by atoms with Crippen LogP contribution in [0.15, 0.2) is 45.6 Å². The van der Waals surface area contributed by atoms with Gasteiger partial charge in [0, 0.05) is 11.1 Å². The first kappa shape index (κ1) is 18.1. The number of carbonyl (C=O) groups is 1. The van der Waals surface area contributed by atoms with Crippen LogP contribution in [0.4, 0.5) is 0 Å². The van der Waals surface area contributed by atoms with Gasteiger partial charge in [0.15, 0.2) is 6.61 Å². The van der Waals surface area contributed by atoms with E-state index in [4.69, 9.17) is 42.2 Å². The normalized spacial score (nSPS) is 10.7. The number of fused-ring (bicyclic) bond motifs is 1. The van der Waals surface area contributed by atoms with E-state index < -0.39 is 12.6 Å². The van der Waals surface area contributed by atoms with E-state index in [1.807, 2.05) is 0 Å². The molecule has 0 saturated carbocycles. The summed E-state index contributed by atoms with van der Waals surface area (Å²) in [5, 5.41) is 9.62. The summed E-state index contributed by atoms with van der Waals surface area (Å²) in [6, 6.07) is 9.06. The Kier molecular flexibility index (Phi) is 5.06. The van der Waals surface area contributed by atoms with Crippen molar-refractivity contribution >= 4 is 40.1 Å². The molecule has 0 aliphatic heterocycles. The molecule has 0 fully saturated rings. The molecule has 0 radical (unpaired) electrons. The summed E-state index contributed by atoms with van der Waals surface area (Å²) in [6.45, 7) is 1.08. The van der Waals surface area contributed by atoms with Crippen LogP contribution in [0.1, 0.15) is 5.76 Å². The third-order valence-corrected chi connectivity index (χ3v) is 3.99. The van der Waals surface area contributed by atoms with Crippen molar-refractivity contribution in [1.82, 2.24) is 0 Å². The monoisotopic (exact) mass is 394 g/mol. The van der Waals surface area contributed by atoms with E-state index in [0.29, 0.717) is 5.02 Å². The second kappa shape index (κ2) is 7.27. The number of aryl methyl sites for hydroxylation is 1. The maximum atomic E-state index is 12.7. The number of benzene rings is 2. The summed E-state index contributed by atoms with van der Waals surface area (Å²) in [5.74, 6) is -0.319. The van der Waals surface area contributed by atoms with Gasteiger partial charge in [0.05, 0.1) is 10.4 Å². The minimum Gasteiger partial charge on any atom is -0.482 e. The van der Waals surface area contributed by atoms with Gasteiger partial charge in [0.25, 0.3) is 0 Å². The Labute approximate surface area is 157 Å². The average molecular weight is 395 g/mol. The van der Waals surface area contributed by atoms with Crippen molar-refractivity contribution in [3.63, 3.8) is 0 Å². The first-order valence-electron chi connectivity index (χ1n) is 7.40. The molecule has 0 bridgehead atoms. The molecule has 1 aromatic heterocycles. The molecule has 3 rings (SSSR count). The van der Waals surface area contributed by atoms with E-state index in [1.54, 1.807) is 19.1 Å². The van der Waals surface area contributed by atoms with Crippen LogP contribution in [0.3, 0.4) is 0 Å². The lowest BCUT2D eigenvalue weighted by molar-refractivity contribution is -0.139. The summed E-state index contributed by atoms with van der Waals surface area (Å²) in [7, 11) is 0. The zero-order valence-corrected chi connectivity index (χ0v) is 14.9. The van der Waals surface area contributed by atoms with E-state index in [0.717, 1.165) is 0 Å². The standard InChI is InChI=1S/C18H12Cl2O6/c1-9-18(26-14-5-2-10(19)6-13(14)20)17(23)12-4-3-11(7-15(12)25-9)24-8-16(21)22/h2-7H,8H2,1H3,(H,21,22). The molecule has 8 heteroatoms. The fourth-order valence-electron chi connectivity index (χ4n) is 2.29. The smallest absolute Gasteiger partial charge is 0.341 e. The van der Waals surface area contributed by atoms with Gasteiger partial charge in [-0.2, -0.15) is 0 Å². The summed E-state index contributed by atoms with van der Waals surface area (Å²) in [5.41, 5.74) is -0.135. The van der Waals surface area contributed by atoms with Crippen molar-refractivity contribution in [1.29, 1.82) is 0 Å². The van der Waals surface area contributed by atoms with Crippen LogP contribution in [-0.4, -0.2) is 17.7 Å². The topological polar surface area (TPSA) is 86.0 Å². The number of carboxylic acids is 1. The van der Waals surface area contributed by atoms with E-state index in [9.17, 15) is 9.59 Å². The molecule has 3 aromatic rings. The first-order chi connectivity index (χ1) is 12.3. The Balaban J connectivity index is 2.00. The van der Waals surface area contributed by atoms with Gasteiger partial charge in [-0.1, -0.05) is 23.2 Å². The highest BCUT2D eigenvalue weighted by molar-refractivity contribution is 6.35. The number of aliphatic carboxylic acids is 1. The second-order valence-electron chi connectivity index (χ2n) is 5.33. The largest absolute Gasteiger partial charge is 0.482 e. The van der Waals surface area contributed by atoms with Crippen LogP contribution >= 0.6 is 23.2 Å². The van der Waals surface area contributed by atoms with Crippen molar-refractivity contribution in [2.45, 2.75) is 6.92 Å². The molecule has 0 amide bonds. The van der Waals surface area contributed by atoms with E-state index >= 15 is 0 Å². The van der Waals surface area contributed by atoms with E-state index in [-0.39, 0.29) is 44.4 Å². The minimum absolute atomic E-state index is 0.000858. The molecular weight excluding hydrogens is 383 g/mol. The lowest BCUT2D eigenvalue weighted by Crippen LogP contribution is -2.10. The lowest BCUT2D eigenvalue weighted by atomic mass is 10.2. The number of carboxylic acid groups (broad SMARTS) is 1. The van der Waals surface area contributed by atoms with Crippen molar-refractivity contribution < 1.29 is 23.8 Å². The zero-order chi connectivity index (χ0) is 18.8. The molecule has 1 heterocycles. The Hall–Kier alpha value is -2.70. The number of rotatable bonds is 5. The van der Waals surface area contributed by atoms with Crippen LogP contribution in [0.5, 0.6) is 17.2 Å². The third-order valence-electron chi connectivity index (χ3n) is 3.45. The third kappa shape index (κ3) is 3.76. The maximum absolute atomic E-state index is 12.7. The van der Waals surface area contributed by atoms with Crippen molar-refractivity contribution in [3.8, 4) is 17.2 Å². The fraction of sp³-hybridized carbons (Fsp3) is 0.111. The molecule has 0 atom stereocenters. The molecule has 6 nitrogen and oxygen atoms in total. The van der Waals surface area contributed by atoms with Crippen molar-refractivity contribution in [2.75, 3.05) is 6.61 Å². The number of ether oxygens (including phenoxy) is 2. The van der Waals surface area contributed by atoms with Gasteiger partial charge in [0.1, 0.15) is 22.8 Å². The van der Waals surface area contributed by atoms with Gasteiger partial charge >= 0.3 is 5.97 Å². The Morgan fingerprint density at radius 1 is 1.19 bits per heavy atom. The highest BCUT2D eigenvalue weighted by atomic mass is 35.5. The quantitative estimate of drug-likeness (QED) is 0.676. The molecule has 0 spiro atoms. The Bertz CT molecular complexity index is 1060. The van der Waals surface area contributed by atoms with Crippen LogP contribution in [0, 0.1) is 6.92 Å². The number of hydrogen-bond donors (Lipinski definition) is 1. The molecule has 2 aromatic carbocycles. The summed E-state index contributed by atoms with van der Waals surface area (Å²) >= 11 is 11.9. The van der Waals surface area contributed by atoms with Gasteiger partial charge in [-0.05, 0) is 37.3 Å². The van der Waals surface area contributed by atoms with Crippen molar-refractivity contribution in [3.05, 3.63) is 62.4 Å². The fourth-order valence-corrected chi connectivity index (χ4v) is 2.74. The zero-order valence-electron chi connectivity index (χ0n) is 13.4. The summed E-state index contributed by atoms with van der Waals surface area (Å²) < 4.78 is 16.4. The highest BCUT2D eigenvalue weighted by Gasteiger charge is 2.16. The lowest BCUT2D eigenvalue weighted by Gasteiger charge is -2.11. The summed E-state index contributed by atoms with van der Waals surface area (Å²) in [4.78, 5) is 23.3. The predicted molar refractivity (Wildman–Crippen MR) is 96.9 cm³/mol. The summed E-state index contributed by atoms with van der Waals surface area (Å²) in [6.07, 6.45) is 0. The first-order valence-corrected chi connectivity index (χ1v) is 8.15.